The van der Waals surface area contributed by atoms with Gasteiger partial charge >= 0.3 is 0 Å². The van der Waals surface area contributed by atoms with E-state index in [1.807, 2.05) is 30.3 Å². The SMILES string of the molecule is COc1ccccc1Cc1cccc(Br)c1OCCOCCOCCO. The van der Waals surface area contributed by atoms with E-state index < -0.39 is 0 Å². The fourth-order valence-electron chi connectivity index (χ4n) is 2.50. The highest BCUT2D eigenvalue weighted by Crippen LogP contribution is 2.32. The third-order valence-electron chi connectivity index (χ3n) is 3.70. The Hall–Kier alpha value is -1.60. The Morgan fingerprint density at radius 1 is 0.846 bits per heavy atom. The third-order valence-corrected chi connectivity index (χ3v) is 4.33. The van der Waals surface area contributed by atoms with Gasteiger partial charge in [0.2, 0.25) is 0 Å². The summed E-state index contributed by atoms with van der Waals surface area (Å²) in [7, 11) is 1.68. The van der Waals surface area contributed by atoms with Gasteiger partial charge in [-0.25, -0.2) is 0 Å². The number of ether oxygens (including phenoxy) is 4. The van der Waals surface area contributed by atoms with E-state index >= 15 is 0 Å². The van der Waals surface area contributed by atoms with Gasteiger partial charge in [0.05, 0.1) is 44.6 Å². The lowest BCUT2D eigenvalue weighted by molar-refractivity contribution is 0.0246. The first-order valence-corrected chi connectivity index (χ1v) is 9.34. The number of hydrogen-bond donors (Lipinski definition) is 1. The quantitative estimate of drug-likeness (QED) is 0.528. The molecular formula is C20H25BrO5. The zero-order valence-electron chi connectivity index (χ0n) is 14.9. The van der Waals surface area contributed by atoms with Crippen molar-refractivity contribution >= 4 is 15.9 Å². The van der Waals surface area contributed by atoms with Gasteiger partial charge in [-0.05, 0) is 39.2 Å². The maximum atomic E-state index is 8.63. The Bertz CT molecular complexity index is 662. The summed E-state index contributed by atoms with van der Waals surface area (Å²) in [6.45, 7) is 2.23. The van der Waals surface area contributed by atoms with Crippen LogP contribution >= 0.6 is 15.9 Å². The predicted molar refractivity (Wildman–Crippen MR) is 104 cm³/mol. The summed E-state index contributed by atoms with van der Waals surface area (Å²) >= 11 is 3.57. The second kappa shape index (κ2) is 11.9. The van der Waals surface area contributed by atoms with Gasteiger partial charge in [0.25, 0.3) is 0 Å². The highest BCUT2D eigenvalue weighted by molar-refractivity contribution is 9.10. The molecule has 2 aromatic rings. The molecule has 0 fully saturated rings. The van der Waals surface area contributed by atoms with Crippen molar-refractivity contribution in [1.82, 2.24) is 0 Å². The Labute approximate surface area is 163 Å². The number of aliphatic hydroxyl groups is 1. The Morgan fingerprint density at radius 3 is 2.31 bits per heavy atom. The highest BCUT2D eigenvalue weighted by Gasteiger charge is 2.11. The van der Waals surface area contributed by atoms with Crippen molar-refractivity contribution in [2.75, 3.05) is 46.8 Å². The van der Waals surface area contributed by atoms with Gasteiger partial charge in [-0.1, -0.05) is 30.3 Å². The van der Waals surface area contributed by atoms with Crippen LogP contribution < -0.4 is 9.47 Å². The van der Waals surface area contributed by atoms with E-state index in [0.29, 0.717) is 39.5 Å². The smallest absolute Gasteiger partial charge is 0.137 e. The lowest BCUT2D eigenvalue weighted by Crippen LogP contribution is -2.12. The molecule has 0 aliphatic rings. The number of aliphatic hydroxyl groups excluding tert-OH is 1. The van der Waals surface area contributed by atoms with Crippen LogP contribution in [0.3, 0.4) is 0 Å². The molecule has 0 saturated heterocycles. The summed E-state index contributed by atoms with van der Waals surface area (Å²) in [5.74, 6) is 1.68. The monoisotopic (exact) mass is 424 g/mol. The van der Waals surface area contributed by atoms with Crippen LogP contribution in [0.15, 0.2) is 46.9 Å². The molecule has 26 heavy (non-hydrogen) atoms. The van der Waals surface area contributed by atoms with Crippen LogP contribution in [0.4, 0.5) is 0 Å². The van der Waals surface area contributed by atoms with Gasteiger partial charge in [-0.2, -0.15) is 0 Å². The van der Waals surface area contributed by atoms with Gasteiger partial charge in [-0.15, -0.1) is 0 Å². The first-order chi connectivity index (χ1) is 12.8. The third kappa shape index (κ3) is 6.61. The van der Waals surface area contributed by atoms with Crippen molar-refractivity contribution in [2.45, 2.75) is 6.42 Å². The minimum absolute atomic E-state index is 0.0279. The van der Waals surface area contributed by atoms with Crippen LogP contribution in [0, 0.1) is 0 Å². The molecule has 0 aliphatic heterocycles. The van der Waals surface area contributed by atoms with Crippen LogP contribution in [-0.4, -0.2) is 51.9 Å². The molecule has 6 heteroatoms. The largest absolute Gasteiger partial charge is 0.496 e. The molecule has 1 N–H and O–H groups in total. The lowest BCUT2D eigenvalue weighted by Gasteiger charge is -2.15. The summed E-state index contributed by atoms with van der Waals surface area (Å²) in [6, 6.07) is 14.0. The average molecular weight is 425 g/mol. The van der Waals surface area contributed by atoms with Crippen LogP contribution in [0.1, 0.15) is 11.1 Å². The van der Waals surface area contributed by atoms with Crippen LogP contribution in [-0.2, 0) is 15.9 Å². The zero-order chi connectivity index (χ0) is 18.6. The Balaban J connectivity index is 1.90. The van der Waals surface area contributed by atoms with E-state index in [1.165, 1.54) is 0 Å². The normalized spacial score (nSPS) is 10.7. The fourth-order valence-corrected chi connectivity index (χ4v) is 3.02. The summed E-state index contributed by atoms with van der Waals surface area (Å²) < 4.78 is 22.9. The second-order valence-electron chi connectivity index (χ2n) is 5.51. The molecule has 0 amide bonds. The number of methoxy groups -OCH3 is 1. The molecule has 0 aromatic heterocycles. The molecule has 0 spiro atoms. The van der Waals surface area contributed by atoms with E-state index in [1.54, 1.807) is 7.11 Å². The van der Waals surface area contributed by atoms with Crippen molar-refractivity contribution in [3.05, 3.63) is 58.1 Å². The molecule has 5 nitrogen and oxygen atoms in total. The standard InChI is InChI=1S/C20H25BrO5/c1-23-19-8-3-2-5-16(19)15-17-6-4-7-18(21)20(17)26-14-13-25-12-11-24-10-9-22/h2-8,22H,9-15H2,1H3. The topological polar surface area (TPSA) is 57.2 Å². The Morgan fingerprint density at radius 2 is 1.54 bits per heavy atom. The number of rotatable bonds is 12. The van der Waals surface area contributed by atoms with Gasteiger partial charge in [0.15, 0.2) is 0 Å². The number of hydrogen-bond acceptors (Lipinski definition) is 5. The van der Waals surface area contributed by atoms with Crippen LogP contribution in [0.2, 0.25) is 0 Å². The minimum Gasteiger partial charge on any atom is -0.496 e. The molecular weight excluding hydrogens is 400 g/mol. The highest BCUT2D eigenvalue weighted by atomic mass is 79.9. The number of para-hydroxylation sites is 2. The zero-order valence-corrected chi connectivity index (χ0v) is 16.5. The summed E-state index contributed by atoms with van der Waals surface area (Å²) in [4.78, 5) is 0. The molecule has 0 atom stereocenters. The minimum atomic E-state index is 0.0279. The summed E-state index contributed by atoms with van der Waals surface area (Å²) in [6.07, 6.45) is 0.717. The van der Waals surface area contributed by atoms with Crippen LogP contribution in [0.5, 0.6) is 11.5 Å². The molecule has 0 saturated carbocycles. The molecule has 0 radical (unpaired) electrons. The first-order valence-electron chi connectivity index (χ1n) is 8.54. The van der Waals surface area contributed by atoms with E-state index in [0.717, 1.165) is 27.1 Å². The van der Waals surface area contributed by atoms with Crippen molar-refractivity contribution < 1.29 is 24.1 Å². The molecule has 0 heterocycles. The van der Waals surface area contributed by atoms with Gasteiger partial charge in [-0.3, -0.25) is 0 Å². The van der Waals surface area contributed by atoms with Crippen LogP contribution in [0.25, 0.3) is 0 Å². The molecule has 2 aromatic carbocycles. The number of benzene rings is 2. The van der Waals surface area contributed by atoms with Crippen molar-refractivity contribution in [3.63, 3.8) is 0 Å². The van der Waals surface area contributed by atoms with E-state index in [4.69, 9.17) is 24.1 Å². The molecule has 0 unspecified atom stereocenters. The fraction of sp³-hybridized carbons (Fsp3) is 0.400. The van der Waals surface area contributed by atoms with E-state index in [-0.39, 0.29) is 6.61 Å². The summed E-state index contributed by atoms with van der Waals surface area (Å²) in [5, 5.41) is 8.63. The maximum Gasteiger partial charge on any atom is 0.137 e. The second-order valence-corrected chi connectivity index (χ2v) is 6.37. The van der Waals surface area contributed by atoms with Crippen molar-refractivity contribution in [2.24, 2.45) is 0 Å². The predicted octanol–water partition coefficient (Wildman–Crippen LogP) is 3.45. The molecule has 142 valence electrons. The maximum absolute atomic E-state index is 8.63. The molecule has 0 bridgehead atoms. The van der Waals surface area contributed by atoms with Crippen molar-refractivity contribution in [1.29, 1.82) is 0 Å². The van der Waals surface area contributed by atoms with Gasteiger partial charge in [0, 0.05) is 6.42 Å². The van der Waals surface area contributed by atoms with E-state index in [9.17, 15) is 0 Å². The molecule has 0 aliphatic carbocycles. The van der Waals surface area contributed by atoms with E-state index in [2.05, 4.69) is 28.1 Å². The van der Waals surface area contributed by atoms with Gasteiger partial charge in [0.1, 0.15) is 18.1 Å². The lowest BCUT2D eigenvalue weighted by atomic mass is 10.0. The molecule has 2 rings (SSSR count). The number of halogens is 1. The average Bonchev–Trinajstić information content (AvgIpc) is 2.66. The summed E-state index contributed by atoms with van der Waals surface area (Å²) in [5.41, 5.74) is 2.19. The van der Waals surface area contributed by atoms with Gasteiger partial charge < -0.3 is 24.1 Å². The van der Waals surface area contributed by atoms with Crippen molar-refractivity contribution in [3.8, 4) is 11.5 Å². The Kier molecular flexibility index (Phi) is 9.48. The first kappa shape index (κ1) is 20.7.